The van der Waals surface area contributed by atoms with Crippen LogP contribution in [0, 0.1) is 20.8 Å². The van der Waals surface area contributed by atoms with Gasteiger partial charge in [0.15, 0.2) is 0 Å². The molecule has 2 heterocycles. The fourth-order valence-electron chi connectivity index (χ4n) is 3.73. The van der Waals surface area contributed by atoms with E-state index in [9.17, 15) is 4.79 Å². The van der Waals surface area contributed by atoms with Crippen LogP contribution in [0.3, 0.4) is 0 Å². The average Bonchev–Trinajstić information content (AvgIpc) is 3.14. The highest BCUT2D eigenvalue weighted by Gasteiger charge is 2.25. The summed E-state index contributed by atoms with van der Waals surface area (Å²) in [5.41, 5.74) is 4.43. The van der Waals surface area contributed by atoms with Crippen LogP contribution in [0.2, 0.25) is 0 Å². The normalized spacial score (nSPS) is 18.4. The Bertz CT molecular complexity index is 716. The minimum absolute atomic E-state index is 0.100. The zero-order valence-electron chi connectivity index (χ0n) is 15.5. The molecule has 5 heteroatoms. The molecule has 0 bridgehead atoms. The molecule has 0 aliphatic carbocycles. The smallest absolute Gasteiger partial charge is 0.220 e. The number of amides is 1. The molecule has 1 aliphatic rings. The van der Waals surface area contributed by atoms with Gasteiger partial charge in [-0.2, -0.15) is 0 Å². The molecule has 0 unspecified atom stereocenters. The molecule has 134 valence electrons. The van der Waals surface area contributed by atoms with E-state index in [0.717, 1.165) is 36.5 Å². The van der Waals surface area contributed by atoms with Gasteiger partial charge in [0.2, 0.25) is 5.91 Å². The third kappa shape index (κ3) is 4.03. The lowest BCUT2D eigenvalue weighted by Gasteiger charge is -2.20. The predicted molar refractivity (Wildman–Crippen MR) is 98.9 cm³/mol. The van der Waals surface area contributed by atoms with Crippen LogP contribution in [-0.2, 0) is 4.79 Å². The Morgan fingerprint density at radius 2 is 2.04 bits per heavy atom. The zero-order valence-corrected chi connectivity index (χ0v) is 15.5. The van der Waals surface area contributed by atoms with Gasteiger partial charge in [-0.25, -0.2) is 0 Å². The first-order valence-corrected chi connectivity index (χ1v) is 8.97. The Morgan fingerprint density at radius 1 is 1.32 bits per heavy atom. The molecular weight excluding hydrogens is 314 g/mol. The van der Waals surface area contributed by atoms with Crippen LogP contribution in [0.5, 0.6) is 0 Å². The lowest BCUT2D eigenvalue weighted by Crippen LogP contribution is -2.37. The van der Waals surface area contributed by atoms with Crippen molar-refractivity contribution in [2.45, 2.75) is 52.5 Å². The molecule has 1 fully saturated rings. The molecule has 1 aliphatic heterocycles. The van der Waals surface area contributed by atoms with Crippen molar-refractivity contribution in [3.8, 4) is 0 Å². The standard InChI is InChI=1S/C20H27N3O2/c1-13-5-7-18(8-6-13)23-10-9-17(12-23)21-19(24)11-14(2)20-15(3)22-25-16(20)4/h5-8,14,17H,9-12H2,1-4H3,(H,21,24)/t14-,17-/m1/s1. The molecule has 0 spiro atoms. The molecule has 2 atom stereocenters. The summed E-state index contributed by atoms with van der Waals surface area (Å²) in [6.45, 7) is 9.83. The van der Waals surface area contributed by atoms with Gasteiger partial charge in [0.1, 0.15) is 5.76 Å². The van der Waals surface area contributed by atoms with E-state index in [1.54, 1.807) is 0 Å². The van der Waals surface area contributed by atoms with Crippen LogP contribution >= 0.6 is 0 Å². The molecule has 1 N–H and O–H groups in total. The minimum Gasteiger partial charge on any atom is -0.369 e. The Labute approximate surface area is 149 Å². The predicted octanol–water partition coefficient (Wildman–Crippen LogP) is 3.49. The summed E-state index contributed by atoms with van der Waals surface area (Å²) in [6, 6.07) is 8.78. The summed E-state index contributed by atoms with van der Waals surface area (Å²) in [6.07, 6.45) is 1.45. The van der Waals surface area contributed by atoms with Gasteiger partial charge in [0.25, 0.3) is 0 Å². The number of hydrogen-bond donors (Lipinski definition) is 1. The van der Waals surface area contributed by atoms with Crippen LogP contribution in [-0.4, -0.2) is 30.2 Å². The average molecular weight is 341 g/mol. The lowest BCUT2D eigenvalue weighted by molar-refractivity contribution is -0.122. The molecule has 5 nitrogen and oxygen atoms in total. The highest BCUT2D eigenvalue weighted by atomic mass is 16.5. The van der Waals surface area contributed by atoms with Gasteiger partial charge >= 0.3 is 0 Å². The number of hydrogen-bond acceptors (Lipinski definition) is 4. The number of nitrogens with one attached hydrogen (secondary N) is 1. The first-order chi connectivity index (χ1) is 11.9. The van der Waals surface area contributed by atoms with Crippen molar-refractivity contribution in [1.29, 1.82) is 0 Å². The van der Waals surface area contributed by atoms with Crippen LogP contribution in [0.1, 0.15) is 48.3 Å². The Morgan fingerprint density at radius 3 is 2.68 bits per heavy atom. The summed E-state index contributed by atoms with van der Waals surface area (Å²) in [5.74, 6) is 1.02. The van der Waals surface area contributed by atoms with E-state index in [0.29, 0.717) is 6.42 Å². The third-order valence-electron chi connectivity index (χ3n) is 5.03. The molecule has 0 saturated carbocycles. The fraction of sp³-hybridized carbons (Fsp3) is 0.500. The van der Waals surface area contributed by atoms with Crippen LogP contribution < -0.4 is 10.2 Å². The largest absolute Gasteiger partial charge is 0.369 e. The SMILES string of the molecule is Cc1ccc(N2CC[C@@H](NC(=O)C[C@@H](C)c3c(C)noc3C)C2)cc1. The maximum absolute atomic E-state index is 12.4. The van der Waals surface area contributed by atoms with Gasteiger partial charge in [-0.3, -0.25) is 4.79 Å². The summed E-state index contributed by atoms with van der Waals surface area (Å²) < 4.78 is 5.21. The first-order valence-electron chi connectivity index (χ1n) is 8.97. The minimum atomic E-state index is 0.100. The summed E-state index contributed by atoms with van der Waals surface area (Å²) >= 11 is 0. The van der Waals surface area contributed by atoms with E-state index in [-0.39, 0.29) is 17.9 Å². The second kappa shape index (κ2) is 7.30. The quantitative estimate of drug-likeness (QED) is 0.904. The molecule has 0 radical (unpaired) electrons. The number of carbonyl (C=O) groups excluding carboxylic acids is 1. The molecular formula is C20H27N3O2. The highest BCUT2D eigenvalue weighted by molar-refractivity contribution is 5.77. The van der Waals surface area contributed by atoms with Crippen LogP contribution in [0.4, 0.5) is 5.69 Å². The van der Waals surface area contributed by atoms with E-state index >= 15 is 0 Å². The van der Waals surface area contributed by atoms with Crippen molar-refractivity contribution in [1.82, 2.24) is 10.5 Å². The van der Waals surface area contributed by atoms with Gasteiger partial charge in [0.05, 0.1) is 5.69 Å². The second-order valence-corrected chi connectivity index (χ2v) is 7.18. The van der Waals surface area contributed by atoms with Crippen molar-refractivity contribution < 1.29 is 9.32 Å². The maximum Gasteiger partial charge on any atom is 0.220 e. The van der Waals surface area contributed by atoms with Crippen LogP contribution in [0.25, 0.3) is 0 Å². The molecule has 1 amide bonds. The number of nitrogens with zero attached hydrogens (tertiary/aromatic N) is 2. The van der Waals surface area contributed by atoms with E-state index < -0.39 is 0 Å². The first kappa shape index (κ1) is 17.5. The zero-order chi connectivity index (χ0) is 18.0. The van der Waals surface area contributed by atoms with Gasteiger partial charge < -0.3 is 14.7 Å². The monoisotopic (exact) mass is 341 g/mol. The molecule has 2 aromatic rings. The lowest BCUT2D eigenvalue weighted by atomic mass is 9.96. The van der Waals surface area contributed by atoms with Crippen molar-refractivity contribution in [2.24, 2.45) is 0 Å². The molecule has 1 aromatic heterocycles. The number of aromatic nitrogens is 1. The molecule has 1 saturated heterocycles. The topological polar surface area (TPSA) is 58.4 Å². The van der Waals surface area contributed by atoms with Crippen molar-refractivity contribution in [3.63, 3.8) is 0 Å². The van der Waals surface area contributed by atoms with Gasteiger partial charge in [-0.05, 0) is 45.2 Å². The third-order valence-corrected chi connectivity index (χ3v) is 5.03. The Kier molecular flexibility index (Phi) is 5.11. The summed E-state index contributed by atoms with van der Waals surface area (Å²) in [5, 5.41) is 7.17. The number of aryl methyl sites for hydroxylation is 3. The molecule has 3 rings (SSSR count). The van der Waals surface area contributed by atoms with Crippen LogP contribution in [0.15, 0.2) is 28.8 Å². The molecule has 25 heavy (non-hydrogen) atoms. The van der Waals surface area contributed by atoms with Crippen molar-refractivity contribution in [3.05, 3.63) is 46.8 Å². The number of benzene rings is 1. The van der Waals surface area contributed by atoms with E-state index in [1.165, 1.54) is 11.3 Å². The van der Waals surface area contributed by atoms with Crippen molar-refractivity contribution >= 4 is 11.6 Å². The summed E-state index contributed by atoms with van der Waals surface area (Å²) in [7, 11) is 0. The molecule has 1 aromatic carbocycles. The Balaban J connectivity index is 1.53. The van der Waals surface area contributed by atoms with Crippen molar-refractivity contribution in [2.75, 3.05) is 18.0 Å². The fourth-order valence-corrected chi connectivity index (χ4v) is 3.73. The van der Waals surface area contributed by atoms with E-state index in [4.69, 9.17) is 4.52 Å². The highest BCUT2D eigenvalue weighted by Crippen LogP contribution is 2.26. The number of anilines is 1. The van der Waals surface area contributed by atoms with E-state index in [2.05, 4.69) is 53.5 Å². The summed E-state index contributed by atoms with van der Waals surface area (Å²) in [4.78, 5) is 14.8. The second-order valence-electron chi connectivity index (χ2n) is 7.18. The van der Waals surface area contributed by atoms with Gasteiger partial charge in [-0.15, -0.1) is 0 Å². The van der Waals surface area contributed by atoms with E-state index in [1.807, 2.05) is 13.8 Å². The maximum atomic E-state index is 12.4. The number of rotatable bonds is 5. The number of carbonyl (C=O) groups is 1. The Hall–Kier alpha value is -2.30. The van der Waals surface area contributed by atoms with Gasteiger partial charge in [-0.1, -0.05) is 29.8 Å². The van der Waals surface area contributed by atoms with Gasteiger partial charge in [0, 0.05) is 36.8 Å².